The molecule has 30 heavy (non-hydrogen) atoms. The van der Waals surface area contributed by atoms with Crippen LogP contribution >= 0.6 is 0 Å². The minimum absolute atomic E-state index is 0.141. The van der Waals surface area contributed by atoms with Crippen LogP contribution in [0.5, 0.6) is 5.75 Å². The number of nitrogens with zero attached hydrogens (tertiary/aromatic N) is 1. The summed E-state index contributed by atoms with van der Waals surface area (Å²) in [5, 5.41) is 29.7. The number of hydrogen-bond donors (Lipinski definition) is 4. The summed E-state index contributed by atoms with van der Waals surface area (Å²) in [5.74, 6) is 0.271. The van der Waals surface area contributed by atoms with Crippen LogP contribution in [-0.4, -0.2) is 33.6 Å². The fourth-order valence-electron chi connectivity index (χ4n) is 4.20. The second kappa shape index (κ2) is 7.78. The number of H-pyrrole nitrogens is 1. The maximum atomic E-state index is 9.49. The largest absolute Gasteiger partial charge is 0.508 e. The van der Waals surface area contributed by atoms with Crippen molar-refractivity contribution < 1.29 is 10.2 Å². The first-order valence-electron chi connectivity index (χ1n) is 10.1. The Morgan fingerprint density at radius 3 is 2.30 bits per heavy atom. The average molecular weight is 397 g/mol. The molecule has 1 aliphatic carbocycles. The first-order valence-corrected chi connectivity index (χ1v) is 10.1. The second-order valence-electron chi connectivity index (χ2n) is 7.57. The van der Waals surface area contributed by atoms with E-state index in [9.17, 15) is 5.11 Å². The van der Waals surface area contributed by atoms with E-state index in [0.29, 0.717) is 6.54 Å². The van der Waals surface area contributed by atoms with E-state index < -0.39 is 0 Å². The summed E-state index contributed by atoms with van der Waals surface area (Å²) in [6, 6.07) is 22.0. The Kier molecular flexibility index (Phi) is 4.83. The van der Waals surface area contributed by atoms with Crippen LogP contribution in [0, 0.1) is 0 Å². The van der Waals surface area contributed by atoms with Crippen molar-refractivity contribution in [2.24, 2.45) is 0 Å². The number of benzene rings is 3. The van der Waals surface area contributed by atoms with Gasteiger partial charge in [-0.3, -0.25) is 5.10 Å². The van der Waals surface area contributed by atoms with Crippen molar-refractivity contribution in [2.45, 2.75) is 13.0 Å². The van der Waals surface area contributed by atoms with E-state index in [-0.39, 0.29) is 12.4 Å². The average Bonchev–Trinajstić information content (AvgIpc) is 3.35. The molecule has 0 atom stereocenters. The Morgan fingerprint density at radius 2 is 1.57 bits per heavy atom. The van der Waals surface area contributed by atoms with Crippen LogP contribution < -0.4 is 5.32 Å². The number of phenolic OH excluding ortho intramolecular Hbond substituents is 1. The number of aromatic amines is 1. The smallest absolute Gasteiger partial charge is 0.115 e. The number of rotatable bonds is 6. The van der Waals surface area contributed by atoms with Crippen LogP contribution in [0.3, 0.4) is 0 Å². The van der Waals surface area contributed by atoms with Crippen molar-refractivity contribution in [2.75, 3.05) is 13.2 Å². The lowest BCUT2D eigenvalue weighted by Crippen LogP contribution is -2.18. The lowest BCUT2D eigenvalue weighted by Gasteiger charge is -2.09. The lowest BCUT2D eigenvalue weighted by molar-refractivity contribution is 0.292. The molecule has 0 saturated carbocycles. The molecular formula is C25H23N3O2. The molecule has 3 aromatic carbocycles. The van der Waals surface area contributed by atoms with Crippen LogP contribution in [-0.2, 0) is 13.0 Å². The van der Waals surface area contributed by atoms with Crippen molar-refractivity contribution in [3.05, 3.63) is 83.4 Å². The quantitative estimate of drug-likeness (QED) is 0.325. The molecule has 0 unspecified atom stereocenters. The molecule has 0 saturated heterocycles. The molecule has 4 aromatic rings. The van der Waals surface area contributed by atoms with Gasteiger partial charge in [0, 0.05) is 36.2 Å². The number of nitrogens with one attached hydrogen (secondary N) is 2. The Morgan fingerprint density at radius 1 is 0.867 bits per heavy atom. The van der Waals surface area contributed by atoms with Gasteiger partial charge in [-0.25, -0.2) is 0 Å². The molecule has 0 amide bonds. The highest BCUT2D eigenvalue weighted by Crippen LogP contribution is 2.41. The Hall–Kier alpha value is -3.41. The first kappa shape index (κ1) is 18.6. The predicted octanol–water partition coefficient (Wildman–Crippen LogP) is 4.10. The summed E-state index contributed by atoms with van der Waals surface area (Å²) in [7, 11) is 0. The molecule has 150 valence electrons. The maximum Gasteiger partial charge on any atom is 0.115 e. The van der Waals surface area contributed by atoms with Gasteiger partial charge in [0.15, 0.2) is 0 Å². The molecule has 0 aliphatic heterocycles. The third-order valence-corrected chi connectivity index (χ3v) is 5.73. The van der Waals surface area contributed by atoms with E-state index >= 15 is 0 Å². The monoisotopic (exact) mass is 397 g/mol. The summed E-state index contributed by atoms with van der Waals surface area (Å²) >= 11 is 0. The highest BCUT2D eigenvalue weighted by atomic mass is 16.3. The minimum Gasteiger partial charge on any atom is -0.508 e. The summed E-state index contributed by atoms with van der Waals surface area (Å²) in [5.41, 5.74) is 10.4. The third-order valence-electron chi connectivity index (χ3n) is 5.73. The molecular weight excluding hydrogens is 374 g/mol. The van der Waals surface area contributed by atoms with Crippen molar-refractivity contribution in [1.29, 1.82) is 0 Å². The van der Waals surface area contributed by atoms with Gasteiger partial charge in [0.1, 0.15) is 5.75 Å². The second-order valence-corrected chi connectivity index (χ2v) is 7.57. The molecule has 5 rings (SSSR count). The van der Waals surface area contributed by atoms with Crippen LogP contribution in [0.15, 0.2) is 66.7 Å². The van der Waals surface area contributed by atoms with Crippen molar-refractivity contribution in [3.8, 4) is 39.4 Å². The van der Waals surface area contributed by atoms with E-state index in [1.54, 1.807) is 12.1 Å². The number of aromatic nitrogens is 2. The van der Waals surface area contributed by atoms with Gasteiger partial charge >= 0.3 is 0 Å². The summed E-state index contributed by atoms with van der Waals surface area (Å²) in [6.45, 7) is 1.48. The number of aliphatic hydroxyl groups excluding tert-OH is 1. The fourth-order valence-corrected chi connectivity index (χ4v) is 4.20. The minimum atomic E-state index is 0.141. The van der Waals surface area contributed by atoms with E-state index in [4.69, 9.17) is 5.11 Å². The molecule has 4 N–H and O–H groups in total. The molecule has 0 radical (unpaired) electrons. The van der Waals surface area contributed by atoms with Gasteiger partial charge in [0.25, 0.3) is 0 Å². The van der Waals surface area contributed by atoms with E-state index in [2.05, 4.69) is 58.0 Å². The summed E-state index contributed by atoms with van der Waals surface area (Å²) < 4.78 is 0. The van der Waals surface area contributed by atoms with Gasteiger partial charge in [-0.2, -0.15) is 5.10 Å². The number of hydrogen-bond acceptors (Lipinski definition) is 4. The molecule has 5 nitrogen and oxygen atoms in total. The van der Waals surface area contributed by atoms with Crippen LogP contribution in [0.25, 0.3) is 33.6 Å². The van der Waals surface area contributed by atoms with E-state index in [1.807, 2.05) is 12.1 Å². The normalized spacial score (nSPS) is 12.0. The molecule has 0 spiro atoms. The molecule has 1 aliphatic rings. The van der Waals surface area contributed by atoms with Crippen LogP contribution in [0.4, 0.5) is 0 Å². The third kappa shape index (κ3) is 3.28. The summed E-state index contributed by atoms with van der Waals surface area (Å²) in [6.07, 6.45) is 0.854. The summed E-state index contributed by atoms with van der Waals surface area (Å²) in [4.78, 5) is 0. The Balaban J connectivity index is 1.43. The number of aromatic hydroxyl groups is 1. The van der Waals surface area contributed by atoms with Crippen LogP contribution in [0.2, 0.25) is 0 Å². The molecule has 0 bridgehead atoms. The van der Waals surface area contributed by atoms with Gasteiger partial charge in [0.05, 0.1) is 18.0 Å². The van der Waals surface area contributed by atoms with Gasteiger partial charge in [-0.15, -0.1) is 0 Å². The van der Waals surface area contributed by atoms with Crippen molar-refractivity contribution in [1.82, 2.24) is 15.5 Å². The zero-order valence-corrected chi connectivity index (χ0v) is 16.5. The molecule has 1 heterocycles. The maximum absolute atomic E-state index is 9.49. The SMILES string of the molecule is OCCNCc1cccc2c1Cc1c(-c3ccc(-c4ccc(O)cc4)cc3)n[nH]c1-2. The standard InChI is InChI=1S/C25H23N3O2/c29-13-12-26-15-19-2-1-3-21-22(19)14-23-24(27-28-25(21)23)18-6-4-16(5-7-18)17-8-10-20(30)11-9-17/h1-11,26,29-30H,12-15H2,(H,27,28). The van der Waals surface area contributed by atoms with Gasteiger partial charge in [-0.1, -0.05) is 54.6 Å². The zero-order chi connectivity index (χ0) is 20.5. The van der Waals surface area contributed by atoms with Gasteiger partial charge in [-0.05, 0) is 34.4 Å². The Bertz CT molecular complexity index is 1180. The predicted molar refractivity (Wildman–Crippen MR) is 118 cm³/mol. The lowest BCUT2D eigenvalue weighted by atomic mass is 10.00. The van der Waals surface area contributed by atoms with Crippen molar-refractivity contribution in [3.63, 3.8) is 0 Å². The number of phenols is 1. The molecule has 1 aromatic heterocycles. The van der Waals surface area contributed by atoms with Gasteiger partial charge in [0.2, 0.25) is 0 Å². The fraction of sp³-hybridized carbons (Fsp3) is 0.160. The number of fused-ring (bicyclic) bond motifs is 3. The van der Waals surface area contributed by atoms with Crippen LogP contribution in [0.1, 0.15) is 16.7 Å². The Labute approximate surface area is 175 Å². The van der Waals surface area contributed by atoms with Crippen molar-refractivity contribution >= 4 is 0 Å². The molecule has 0 fully saturated rings. The topological polar surface area (TPSA) is 81.2 Å². The molecule has 5 heteroatoms. The van der Waals surface area contributed by atoms with E-state index in [1.165, 1.54) is 22.3 Å². The highest BCUT2D eigenvalue weighted by Gasteiger charge is 2.26. The first-order chi connectivity index (χ1) is 14.7. The van der Waals surface area contributed by atoms with E-state index in [0.717, 1.165) is 41.0 Å². The zero-order valence-electron chi connectivity index (χ0n) is 16.5. The highest BCUT2D eigenvalue weighted by molar-refractivity contribution is 5.82. The number of aliphatic hydroxyl groups is 1. The van der Waals surface area contributed by atoms with Gasteiger partial charge < -0.3 is 15.5 Å².